The minimum absolute atomic E-state index is 0.103. The molecule has 0 unspecified atom stereocenters. The first-order valence-corrected chi connectivity index (χ1v) is 4.12. The molecule has 0 aliphatic carbocycles. The lowest BCUT2D eigenvalue weighted by atomic mass is 10.2. The molecule has 0 aliphatic rings. The number of halogens is 2. The molecule has 0 aromatic heterocycles. The van der Waals surface area contributed by atoms with Crippen molar-refractivity contribution in [3.05, 3.63) is 23.8 Å². The van der Waals surface area contributed by atoms with Crippen LogP contribution in [0.5, 0.6) is 0 Å². The van der Waals surface area contributed by atoms with E-state index in [-0.39, 0.29) is 24.5 Å². The molecule has 0 spiro atoms. The van der Waals surface area contributed by atoms with Crippen molar-refractivity contribution in [1.82, 2.24) is 0 Å². The standard InChI is InChI=1S/C9H12F2N2O/c1-13(2-3-14)8-5-6(10)4-7(11)9(8)12/h4-5,14H,2-3,12H2,1H3. The molecule has 0 saturated carbocycles. The molecule has 0 aliphatic heterocycles. The summed E-state index contributed by atoms with van der Waals surface area (Å²) in [7, 11) is 1.60. The fourth-order valence-corrected chi connectivity index (χ4v) is 1.16. The van der Waals surface area contributed by atoms with Crippen molar-refractivity contribution in [1.29, 1.82) is 0 Å². The molecular weight excluding hydrogens is 190 g/mol. The Labute approximate surface area is 80.8 Å². The number of benzene rings is 1. The highest BCUT2D eigenvalue weighted by Crippen LogP contribution is 2.25. The summed E-state index contributed by atoms with van der Waals surface area (Å²) >= 11 is 0. The first kappa shape index (κ1) is 10.7. The first-order chi connectivity index (χ1) is 6.56. The number of anilines is 2. The molecule has 5 heteroatoms. The van der Waals surface area contributed by atoms with Crippen LogP contribution in [0.25, 0.3) is 0 Å². The summed E-state index contributed by atoms with van der Waals surface area (Å²) in [5.41, 5.74) is 5.56. The van der Waals surface area contributed by atoms with E-state index < -0.39 is 11.6 Å². The summed E-state index contributed by atoms with van der Waals surface area (Å²) in [5.74, 6) is -1.47. The van der Waals surface area contributed by atoms with E-state index in [0.29, 0.717) is 0 Å². The summed E-state index contributed by atoms with van der Waals surface area (Å²) in [6.07, 6.45) is 0. The van der Waals surface area contributed by atoms with Crippen LogP contribution >= 0.6 is 0 Å². The topological polar surface area (TPSA) is 49.5 Å². The second-order valence-corrected chi connectivity index (χ2v) is 2.97. The lowest BCUT2D eigenvalue weighted by Crippen LogP contribution is -2.22. The predicted molar refractivity (Wildman–Crippen MR) is 51.1 cm³/mol. The number of nitrogens with two attached hydrogens (primary N) is 1. The van der Waals surface area contributed by atoms with Crippen LogP contribution in [0.4, 0.5) is 20.2 Å². The van der Waals surface area contributed by atoms with Crippen molar-refractivity contribution in [3.8, 4) is 0 Å². The molecular formula is C9H12F2N2O. The van der Waals surface area contributed by atoms with Crippen LogP contribution < -0.4 is 10.6 Å². The van der Waals surface area contributed by atoms with E-state index in [0.717, 1.165) is 12.1 Å². The minimum atomic E-state index is -0.787. The maximum atomic E-state index is 13.0. The highest BCUT2D eigenvalue weighted by molar-refractivity contribution is 5.67. The fourth-order valence-electron chi connectivity index (χ4n) is 1.16. The van der Waals surface area contributed by atoms with Crippen molar-refractivity contribution < 1.29 is 13.9 Å². The summed E-state index contributed by atoms with van der Waals surface area (Å²) in [4.78, 5) is 1.49. The summed E-state index contributed by atoms with van der Waals surface area (Å²) in [6.45, 7) is 0.168. The molecule has 0 amide bonds. The number of nitrogens with zero attached hydrogens (tertiary/aromatic N) is 1. The van der Waals surface area contributed by atoms with Crippen molar-refractivity contribution in [2.45, 2.75) is 0 Å². The Balaban J connectivity index is 3.07. The van der Waals surface area contributed by atoms with Crippen LogP contribution in [0.2, 0.25) is 0 Å². The zero-order chi connectivity index (χ0) is 10.7. The highest BCUT2D eigenvalue weighted by Gasteiger charge is 2.11. The van der Waals surface area contributed by atoms with Crippen molar-refractivity contribution in [2.24, 2.45) is 0 Å². The maximum absolute atomic E-state index is 13.0. The number of likely N-dealkylation sites (N-methyl/N-ethyl adjacent to an activating group) is 1. The quantitative estimate of drug-likeness (QED) is 0.718. The largest absolute Gasteiger partial charge is 0.395 e. The van der Waals surface area contributed by atoms with Gasteiger partial charge in [-0.05, 0) is 6.07 Å². The van der Waals surface area contributed by atoms with Gasteiger partial charge in [-0.25, -0.2) is 8.78 Å². The average Bonchev–Trinajstić information content (AvgIpc) is 2.11. The Morgan fingerprint density at radius 2 is 2.07 bits per heavy atom. The lowest BCUT2D eigenvalue weighted by Gasteiger charge is -2.20. The van der Waals surface area contributed by atoms with Gasteiger partial charge in [0, 0.05) is 19.7 Å². The molecule has 1 rings (SSSR count). The van der Waals surface area contributed by atoms with Gasteiger partial charge >= 0.3 is 0 Å². The molecule has 1 aromatic carbocycles. The van der Waals surface area contributed by atoms with Gasteiger partial charge in [0.05, 0.1) is 18.0 Å². The van der Waals surface area contributed by atoms with Gasteiger partial charge in [-0.2, -0.15) is 0 Å². The molecule has 78 valence electrons. The summed E-state index contributed by atoms with van der Waals surface area (Å²) in [6, 6.07) is 1.86. The minimum Gasteiger partial charge on any atom is -0.395 e. The molecule has 0 fully saturated rings. The maximum Gasteiger partial charge on any atom is 0.151 e. The first-order valence-electron chi connectivity index (χ1n) is 4.12. The third-order valence-corrected chi connectivity index (χ3v) is 1.92. The SMILES string of the molecule is CN(CCO)c1cc(F)cc(F)c1N. The van der Waals surface area contributed by atoms with E-state index in [1.54, 1.807) is 7.05 Å². The van der Waals surface area contributed by atoms with Crippen molar-refractivity contribution >= 4 is 11.4 Å². The molecule has 0 atom stereocenters. The third-order valence-electron chi connectivity index (χ3n) is 1.92. The van der Waals surface area contributed by atoms with E-state index in [2.05, 4.69) is 0 Å². The third kappa shape index (κ3) is 2.11. The molecule has 0 radical (unpaired) electrons. The van der Waals surface area contributed by atoms with Gasteiger partial charge < -0.3 is 15.7 Å². The molecule has 3 nitrogen and oxygen atoms in total. The second kappa shape index (κ2) is 4.23. The smallest absolute Gasteiger partial charge is 0.151 e. The van der Waals surface area contributed by atoms with Crippen LogP contribution in [0.15, 0.2) is 12.1 Å². The average molecular weight is 202 g/mol. The zero-order valence-electron chi connectivity index (χ0n) is 7.80. The van der Waals surface area contributed by atoms with Crippen LogP contribution in [0.3, 0.4) is 0 Å². The Hall–Kier alpha value is -1.36. The lowest BCUT2D eigenvalue weighted by molar-refractivity contribution is 0.304. The number of nitrogen functional groups attached to an aromatic ring is 1. The van der Waals surface area contributed by atoms with Crippen molar-refractivity contribution in [3.63, 3.8) is 0 Å². The number of rotatable bonds is 3. The summed E-state index contributed by atoms with van der Waals surface area (Å²) in [5, 5.41) is 8.66. The number of hydrogen-bond donors (Lipinski definition) is 2. The van der Waals surface area contributed by atoms with Gasteiger partial charge in [0.25, 0.3) is 0 Å². The van der Waals surface area contributed by atoms with Gasteiger partial charge in [-0.15, -0.1) is 0 Å². The molecule has 14 heavy (non-hydrogen) atoms. The van der Waals surface area contributed by atoms with E-state index >= 15 is 0 Å². The Morgan fingerprint density at radius 1 is 1.43 bits per heavy atom. The van der Waals surface area contributed by atoms with Gasteiger partial charge in [0.1, 0.15) is 5.82 Å². The number of hydrogen-bond acceptors (Lipinski definition) is 3. The fraction of sp³-hybridized carbons (Fsp3) is 0.333. The Kier molecular flexibility index (Phi) is 3.24. The van der Waals surface area contributed by atoms with E-state index in [4.69, 9.17) is 10.8 Å². The summed E-state index contributed by atoms with van der Waals surface area (Å²) < 4.78 is 25.8. The second-order valence-electron chi connectivity index (χ2n) is 2.97. The Bertz CT molecular complexity index is 331. The molecule has 0 bridgehead atoms. The Morgan fingerprint density at radius 3 is 2.64 bits per heavy atom. The van der Waals surface area contributed by atoms with E-state index in [1.165, 1.54) is 4.90 Å². The van der Waals surface area contributed by atoms with Gasteiger partial charge in [-0.1, -0.05) is 0 Å². The highest BCUT2D eigenvalue weighted by atomic mass is 19.1. The molecule has 1 aromatic rings. The van der Waals surface area contributed by atoms with Gasteiger partial charge in [-0.3, -0.25) is 0 Å². The molecule has 3 N–H and O–H groups in total. The molecule has 0 saturated heterocycles. The van der Waals surface area contributed by atoms with Crippen LogP contribution in [-0.4, -0.2) is 25.3 Å². The van der Waals surface area contributed by atoms with Crippen molar-refractivity contribution in [2.75, 3.05) is 30.8 Å². The molecule has 0 heterocycles. The normalized spacial score (nSPS) is 10.3. The van der Waals surface area contributed by atoms with Crippen LogP contribution in [0.1, 0.15) is 0 Å². The number of aliphatic hydroxyl groups is 1. The van der Waals surface area contributed by atoms with Gasteiger partial charge in [0.15, 0.2) is 5.82 Å². The zero-order valence-corrected chi connectivity index (χ0v) is 7.80. The van der Waals surface area contributed by atoms with E-state index in [1.807, 2.05) is 0 Å². The van der Waals surface area contributed by atoms with Crippen LogP contribution in [-0.2, 0) is 0 Å². The monoisotopic (exact) mass is 202 g/mol. The van der Waals surface area contributed by atoms with Gasteiger partial charge in [0.2, 0.25) is 0 Å². The number of aliphatic hydroxyl groups excluding tert-OH is 1. The predicted octanol–water partition coefficient (Wildman–Crippen LogP) is 0.975. The van der Waals surface area contributed by atoms with E-state index in [9.17, 15) is 8.78 Å². The van der Waals surface area contributed by atoms with Crippen LogP contribution in [0, 0.1) is 11.6 Å².